The number of fused-ring (bicyclic) bond motifs is 2. The molecule has 11 heteroatoms. The summed E-state index contributed by atoms with van der Waals surface area (Å²) < 4.78 is 8.26. The van der Waals surface area contributed by atoms with Crippen molar-refractivity contribution in [1.29, 1.82) is 5.26 Å². The van der Waals surface area contributed by atoms with Crippen molar-refractivity contribution < 1.29 is 9.53 Å². The number of hydrogen-bond donors (Lipinski definition) is 1. The van der Waals surface area contributed by atoms with Crippen molar-refractivity contribution in [3.63, 3.8) is 0 Å². The van der Waals surface area contributed by atoms with Gasteiger partial charge in [0, 0.05) is 50.3 Å². The Balaban J connectivity index is 1.59. The Bertz CT molecular complexity index is 1370. The maximum Gasteiger partial charge on any atom is 0.219 e. The minimum absolute atomic E-state index is 0.0730. The highest BCUT2D eigenvalue weighted by Crippen LogP contribution is 2.41. The van der Waals surface area contributed by atoms with Crippen LogP contribution in [0.5, 0.6) is 5.75 Å². The highest BCUT2D eigenvalue weighted by atomic mass is 35.5. The molecule has 5 rings (SSSR count). The molecule has 2 unspecified atom stereocenters. The number of nitrogens with zero attached hydrogens (tertiary/aromatic N) is 7. The number of ether oxygens (including phenoxy) is 1. The van der Waals surface area contributed by atoms with Gasteiger partial charge in [-0.15, -0.1) is 0 Å². The Morgan fingerprint density at radius 3 is 2.77 bits per heavy atom. The maximum atomic E-state index is 11.7. The fourth-order valence-electron chi connectivity index (χ4n) is 5.06. The van der Waals surface area contributed by atoms with Crippen LogP contribution in [0.2, 0.25) is 5.02 Å². The first-order valence-electron chi connectivity index (χ1n) is 11.6. The minimum Gasteiger partial charge on any atom is -0.489 e. The molecule has 0 aliphatic carbocycles. The Morgan fingerprint density at radius 1 is 1.34 bits per heavy atom. The van der Waals surface area contributed by atoms with Gasteiger partial charge in [0.15, 0.2) is 5.65 Å². The summed E-state index contributed by atoms with van der Waals surface area (Å²) in [6, 6.07) is 3.98. The zero-order valence-electron chi connectivity index (χ0n) is 20.1. The van der Waals surface area contributed by atoms with E-state index in [1.165, 1.54) is 6.33 Å². The molecule has 2 aliphatic heterocycles. The molecule has 3 aromatic rings. The molecule has 182 valence electrons. The summed E-state index contributed by atoms with van der Waals surface area (Å²) in [7, 11) is 0. The average Bonchev–Trinajstić information content (AvgIpc) is 3.01. The molecule has 0 saturated carbocycles. The number of anilines is 1. The Labute approximate surface area is 208 Å². The molecule has 1 amide bonds. The van der Waals surface area contributed by atoms with Crippen LogP contribution < -0.4 is 10.5 Å². The third kappa shape index (κ3) is 3.85. The number of nitrogens with two attached hydrogens (primary N) is 1. The second kappa shape index (κ2) is 8.66. The second-order valence-electron chi connectivity index (χ2n) is 9.34. The van der Waals surface area contributed by atoms with Crippen LogP contribution in [0, 0.1) is 18.3 Å². The van der Waals surface area contributed by atoms with Gasteiger partial charge in [0.25, 0.3) is 0 Å². The lowest BCUT2D eigenvalue weighted by Gasteiger charge is -2.45. The smallest absolute Gasteiger partial charge is 0.219 e. The molecule has 2 N–H and O–H groups in total. The van der Waals surface area contributed by atoms with Gasteiger partial charge in [-0.25, -0.2) is 14.6 Å². The van der Waals surface area contributed by atoms with Crippen molar-refractivity contribution in [3.8, 4) is 11.8 Å². The number of benzene rings is 1. The molecule has 1 saturated heterocycles. The lowest BCUT2D eigenvalue weighted by atomic mass is 9.97. The topological polar surface area (TPSA) is 126 Å². The van der Waals surface area contributed by atoms with Crippen LogP contribution >= 0.6 is 11.6 Å². The first-order valence-corrected chi connectivity index (χ1v) is 11.9. The van der Waals surface area contributed by atoms with E-state index in [2.05, 4.69) is 20.9 Å². The standard InChI is InChI=1S/C24H27ClN8O2/c1-12-7-32(16-8-31(9-16)15(4)34)10-19-18(6-26)20(25)5-17(22(19)35-12)14(3)33-24-21(13(2)30-33)23(27)28-11-29-24/h5,11-12,14,16H,7-10H2,1-4H3,(H2,27,28,29). The Kier molecular flexibility index (Phi) is 5.77. The summed E-state index contributed by atoms with van der Waals surface area (Å²) in [6.07, 6.45) is 1.29. The normalized spacial score (nSPS) is 19.4. The molecule has 0 bridgehead atoms. The number of hydrogen-bond acceptors (Lipinski definition) is 8. The van der Waals surface area contributed by atoms with Crippen LogP contribution in [0.3, 0.4) is 0 Å². The molecule has 0 radical (unpaired) electrons. The zero-order chi connectivity index (χ0) is 25.0. The number of aryl methyl sites for hydroxylation is 1. The van der Waals surface area contributed by atoms with Crippen LogP contribution in [-0.2, 0) is 11.3 Å². The van der Waals surface area contributed by atoms with Gasteiger partial charge in [0.2, 0.25) is 5.91 Å². The summed E-state index contributed by atoms with van der Waals surface area (Å²) in [5.74, 6) is 1.10. The average molecular weight is 495 g/mol. The van der Waals surface area contributed by atoms with E-state index in [9.17, 15) is 10.1 Å². The van der Waals surface area contributed by atoms with E-state index in [0.29, 0.717) is 59.4 Å². The number of nitrogen functional groups attached to an aromatic ring is 1. The zero-order valence-corrected chi connectivity index (χ0v) is 20.9. The van der Waals surface area contributed by atoms with E-state index in [4.69, 9.17) is 27.2 Å². The minimum atomic E-state index is -0.296. The first-order chi connectivity index (χ1) is 16.7. The van der Waals surface area contributed by atoms with E-state index >= 15 is 0 Å². The van der Waals surface area contributed by atoms with Crippen molar-refractivity contribution in [2.24, 2.45) is 0 Å². The highest BCUT2D eigenvalue weighted by Gasteiger charge is 2.37. The summed E-state index contributed by atoms with van der Waals surface area (Å²) in [5, 5.41) is 15.7. The molecule has 4 heterocycles. The molecular weight excluding hydrogens is 468 g/mol. The van der Waals surface area contributed by atoms with Gasteiger partial charge in [0.1, 0.15) is 30.1 Å². The highest BCUT2D eigenvalue weighted by molar-refractivity contribution is 6.32. The molecule has 1 fully saturated rings. The summed E-state index contributed by atoms with van der Waals surface area (Å²) in [6.45, 7) is 9.99. The number of carbonyl (C=O) groups excluding carboxylic acids is 1. The lowest BCUT2D eigenvalue weighted by Crippen LogP contribution is -2.61. The molecule has 35 heavy (non-hydrogen) atoms. The van der Waals surface area contributed by atoms with Gasteiger partial charge in [-0.05, 0) is 26.8 Å². The summed E-state index contributed by atoms with van der Waals surface area (Å²) in [5.41, 5.74) is 9.44. The van der Waals surface area contributed by atoms with Crippen LogP contribution in [0.25, 0.3) is 11.0 Å². The van der Waals surface area contributed by atoms with Gasteiger partial charge < -0.3 is 15.4 Å². The van der Waals surface area contributed by atoms with Crippen molar-refractivity contribution in [2.45, 2.75) is 52.4 Å². The first kappa shape index (κ1) is 23.3. The summed E-state index contributed by atoms with van der Waals surface area (Å²) >= 11 is 6.65. The Hall–Kier alpha value is -3.42. The van der Waals surface area contributed by atoms with Crippen molar-refractivity contribution in [2.75, 3.05) is 25.4 Å². The predicted molar refractivity (Wildman–Crippen MR) is 131 cm³/mol. The number of nitriles is 1. The maximum absolute atomic E-state index is 11.7. The van der Waals surface area contributed by atoms with Gasteiger partial charge in [-0.3, -0.25) is 9.69 Å². The Morgan fingerprint density at radius 2 is 2.09 bits per heavy atom. The molecule has 2 aliphatic rings. The SMILES string of the molecule is CC(=O)N1CC(N2Cc3c(C#N)c(Cl)cc(C(C)n4nc(C)c5c(N)ncnc54)c3OC(C)C2)C1. The van der Waals surface area contributed by atoms with Crippen molar-refractivity contribution >= 4 is 34.4 Å². The van der Waals surface area contributed by atoms with E-state index < -0.39 is 0 Å². The molecule has 0 spiro atoms. The third-order valence-corrected chi connectivity index (χ3v) is 7.27. The van der Waals surface area contributed by atoms with Gasteiger partial charge in [0.05, 0.1) is 27.7 Å². The van der Waals surface area contributed by atoms with Gasteiger partial charge in [-0.1, -0.05) is 11.6 Å². The van der Waals surface area contributed by atoms with Crippen LogP contribution in [0.1, 0.15) is 49.2 Å². The fraction of sp³-hybridized carbons (Fsp3) is 0.458. The van der Waals surface area contributed by atoms with Crippen LogP contribution in [0.15, 0.2) is 12.4 Å². The van der Waals surface area contributed by atoms with E-state index in [1.807, 2.05) is 25.7 Å². The van der Waals surface area contributed by atoms with Gasteiger partial charge >= 0.3 is 0 Å². The van der Waals surface area contributed by atoms with Crippen molar-refractivity contribution in [1.82, 2.24) is 29.5 Å². The number of likely N-dealkylation sites (tertiary alicyclic amines) is 1. The molecule has 2 aromatic heterocycles. The molecule has 2 atom stereocenters. The van der Waals surface area contributed by atoms with E-state index in [-0.39, 0.29) is 24.1 Å². The quantitative estimate of drug-likeness (QED) is 0.588. The van der Waals surface area contributed by atoms with Crippen LogP contribution in [0.4, 0.5) is 5.82 Å². The number of halogens is 1. The number of amides is 1. The molecular formula is C24H27ClN8O2. The van der Waals surface area contributed by atoms with Crippen molar-refractivity contribution in [3.05, 3.63) is 39.8 Å². The monoisotopic (exact) mass is 494 g/mol. The fourth-order valence-corrected chi connectivity index (χ4v) is 5.33. The van der Waals surface area contributed by atoms with E-state index in [1.54, 1.807) is 17.7 Å². The number of rotatable bonds is 3. The van der Waals surface area contributed by atoms with Gasteiger partial charge in [-0.2, -0.15) is 10.4 Å². The second-order valence-corrected chi connectivity index (χ2v) is 9.75. The summed E-state index contributed by atoms with van der Waals surface area (Å²) in [4.78, 5) is 24.3. The lowest BCUT2D eigenvalue weighted by molar-refractivity contribution is -0.136. The number of carbonyl (C=O) groups is 1. The predicted octanol–water partition coefficient (Wildman–Crippen LogP) is 2.66. The van der Waals surface area contributed by atoms with E-state index in [0.717, 1.165) is 16.8 Å². The largest absolute Gasteiger partial charge is 0.489 e. The number of aromatic nitrogens is 4. The van der Waals surface area contributed by atoms with Crippen LogP contribution in [-0.4, -0.2) is 67.2 Å². The third-order valence-electron chi connectivity index (χ3n) is 6.98. The molecule has 10 nitrogen and oxygen atoms in total. The molecule has 1 aromatic carbocycles.